The number of nitrogen functional groups attached to an aromatic ring is 1. The molecule has 0 aliphatic heterocycles. The lowest BCUT2D eigenvalue weighted by Gasteiger charge is -2.25. The Morgan fingerprint density at radius 2 is 1.71 bits per heavy atom. The molecule has 0 amide bonds. The molecular weight excluding hydrogens is 400 g/mol. The van der Waals surface area contributed by atoms with Crippen LogP contribution in [0.3, 0.4) is 0 Å². The predicted molar refractivity (Wildman–Crippen MR) is 118 cm³/mol. The molecule has 0 unspecified atom stereocenters. The molecule has 9 heteroatoms. The van der Waals surface area contributed by atoms with E-state index in [-0.39, 0.29) is 50.2 Å². The molecule has 0 spiro atoms. The first-order valence-corrected chi connectivity index (χ1v) is 10.3. The molecule has 0 aliphatic rings. The number of benzene rings is 1. The molecule has 0 bridgehead atoms. The Bertz CT molecular complexity index is 1040. The van der Waals surface area contributed by atoms with Crippen molar-refractivity contribution < 1.29 is 14.3 Å². The molecule has 168 valence electrons. The number of hydrogen-bond acceptors (Lipinski definition) is 7. The fraction of sp³-hybridized carbons (Fsp3) is 0.455. The molecule has 0 aliphatic carbocycles. The summed E-state index contributed by atoms with van der Waals surface area (Å²) in [6.45, 7) is 7.18. The van der Waals surface area contributed by atoms with Gasteiger partial charge in [-0.05, 0) is 33.3 Å². The number of ether oxygens (including phenoxy) is 1. The van der Waals surface area contributed by atoms with Crippen molar-refractivity contribution in [2.45, 2.75) is 46.8 Å². The van der Waals surface area contributed by atoms with Crippen LogP contribution in [0.4, 0.5) is 5.82 Å². The Hall–Kier alpha value is -3.20. The summed E-state index contributed by atoms with van der Waals surface area (Å²) in [5.74, 6) is -1.19. The van der Waals surface area contributed by atoms with Crippen LogP contribution in [-0.4, -0.2) is 51.5 Å². The third-order valence-electron chi connectivity index (χ3n) is 4.96. The zero-order valence-electron chi connectivity index (χ0n) is 18.5. The number of anilines is 1. The van der Waals surface area contributed by atoms with Crippen LogP contribution in [0.25, 0.3) is 0 Å². The van der Waals surface area contributed by atoms with Gasteiger partial charge in [0.05, 0.1) is 26.2 Å². The molecule has 0 atom stereocenters. The third kappa shape index (κ3) is 5.69. The van der Waals surface area contributed by atoms with Gasteiger partial charge < -0.3 is 10.5 Å². The Balaban J connectivity index is 2.47. The van der Waals surface area contributed by atoms with E-state index in [0.717, 1.165) is 10.1 Å². The van der Waals surface area contributed by atoms with Crippen molar-refractivity contribution in [2.75, 3.05) is 25.4 Å². The maximum Gasteiger partial charge on any atom is 0.332 e. The second-order valence-corrected chi connectivity index (χ2v) is 7.39. The number of nitrogens with two attached hydrogens (primary N) is 1. The monoisotopic (exact) mass is 430 g/mol. The number of esters is 1. The molecule has 1 aromatic carbocycles. The van der Waals surface area contributed by atoms with Gasteiger partial charge in [0.15, 0.2) is 5.78 Å². The van der Waals surface area contributed by atoms with Gasteiger partial charge >= 0.3 is 11.7 Å². The van der Waals surface area contributed by atoms with Crippen LogP contribution in [0.15, 0.2) is 39.9 Å². The molecule has 0 saturated carbocycles. The number of hydrogen-bond donors (Lipinski definition) is 1. The number of carbonyl (C=O) groups excluding carboxylic acids is 2. The van der Waals surface area contributed by atoms with E-state index >= 15 is 0 Å². The standard InChI is InChI=1S/C22H30N4O5/c1-5-25-21(29)19(17(27)13-24(15(3)4)14-18(28)31-6-2)20(23)26(22(25)30)12-16-10-8-7-9-11-16/h7-11,15H,5-6,12-14,23H2,1-4H3. The minimum Gasteiger partial charge on any atom is -0.465 e. The first kappa shape index (κ1) is 24.1. The van der Waals surface area contributed by atoms with Crippen LogP contribution in [0.5, 0.6) is 0 Å². The normalized spacial score (nSPS) is 11.2. The molecule has 2 rings (SSSR count). The quantitative estimate of drug-likeness (QED) is 0.443. The van der Waals surface area contributed by atoms with Gasteiger partial charge in [0.25, 0.3) is 5.56 Å². The summed E-state index contributed by atoms with van der Waals surface area (Å²) in [7, 11) is 0. The van der Waals surface area contributed by atoms with Crippen molar-refractivity contribution >= 4 is 17.6 Å². The highest BCUT2D eigenvalue weighted by Crippen LogP contribution is 2.11. The van der Waals surface area contributed by atoms with Gasteiger partial charge in [-0.25, -0.2) is 4.79 Å². The van der Waals surface area contributed by atoms with Crippen LogP contribution >= 0.6 is 0 Å². The van der Waals surface area contributed by atoms with Gasteiger partial charge in [-0.1, -0.05) is 30.3 Å². The number of Topliss-reactive ketones (excluding diaryl/α,β-unsaturated/α-hetero) is 1. The maximum absolute atomic E-state index is 13.1. The van der Waals surface area contributed by atoms with Gasteiger partial charge in [-0.3, -0.25) is 28.4 Å². The highest BCUT2D eigenvalue weighted by atomic mass is 16.5. The SMILES string of the molecule is CCOC(=O)CN(CC(=O)c1c(N)n(Cc2ccccc2)c(=O)n(CC)c1=O)C(C)C. The number of nitrogens with zero attached hydrogens (tertiary/aromatic N) is 3. The zero-order chi connectivity index (χ0) is 23.1. The Labute approximate surface area is 181 Å². The van der Waals surface area contributed by atoms with E-state index in [2.05, 4.69) is 0 Å². The first-order chi connectivity index (χ1) is 14.7. The molecule has 2 aromatic rings. The second kappa shape index (κ2) is 10.7. The average Bonchev–Trinajstić information content (AvgIpc) is 2.72. The van der Waals surface area contributed by atoms with Crippen molar-refractivity contribution in [3.63, 3.8) is 0 Å². The van der Waals surface area contributed by atoms with Crippen molar-refractivity contribution in [3.05, 3.63) is 62.3 Å². The van der Waals surface area contributed by atoms with E-state index in [1.807, 2.05) is 44.2 Å². The summed E-state index contributed by atoms with van der Waals surface area (Å²) in [4.78, 5) is 52.4. The molecular formula is C22H30N4O5. The molecule has 0 radical (unpaired) electrons. The lowest BCUT2D eigenvalue weighted by atomic mass is 10.1. The molecule has 2 N–H and O–H groups in total. The van der Waals surface area contributed by atoms with E-state index in [4.69, 9.17) is 10.5 Å². The van der Waals surface area contributed by atoms with E-state index in [9.17, 15) is 19.2 Å². The van der Waals surface area contributed by atoms with Gasteiger partial charge in [-0.2, -0.15) is 0 Å². The number of ketones is 1. The fourth-order valence-corrected chi connectivity index (χ4v) is 3.23. The Morgan fingerprint density at radius 1 is 1.06 bits per heavy atom. The minimum atomic E-state index is -0.723. The molecule has 0 saturated heterocycles. The van der Waals surface area contributed by atoms with Gasteiger partial charge in [-0.15, -0.1) is 0 Å². The van der Waals surface area contributed by atoms with Crippen LogP contribution in [0, 0.1) is 0 Å². The largest absolute Gasteiger partial charge is 0.465 e. The molecule has 9 nitrogen and oxygen atoms in total. The Kier molecular flexibility index (Phi) is 8.32. The molecule has 31 heavy (non-hydrogen) atoms. The van der Waals surface area contributed by atoms with Crippen LogP contribution < -0.4 is 17.0 Å². The van der Waals surface area contributed by atoms with E-state index < -0.39 is 23.0 Å². The van der Waals surface area contributed by atoms with Gasteiger partial charge in [0, 0.05) is 12.6 Å². The summed E-state index contributed by atoms with van der Waals surface area (Å²) < 4.78 is 7.20. The third-order valence-corrected chi connectivity index (χ3v) is 4.96. The van der Waals surface area contributed by atoms with Crippen molar-refractivity contribution in [3.8, 4) is 0 Å². The van der Waals surface area contributed by atoms with Gasteiger partial charge in [0.2, 0.25) is 0 Å². The van der Waals surface area contributed by atoms with E-state index in [0.29, 0.717) is 0 Å². The summed E-state index contributed by atoms with van der Waals surface area (Å²) >= 11 is 0. The van der Waals surface area contributed by atoms with E-state index in [1.165, 1.54) is 4.57 Å². The number of aromatic nitrogens is 2. The van der Waals surface area contributed by atoms with Crippen molar-refractivity contribution in [1.82, 2.24) is 14.0 Å². The average molecular weight is 431 g/mol. The summed E-state index contributed by atoms with van der Waals surface area (Å²) in [5.41, 5.74) is 5.45. The van der Waals surface area contributed by atoms with Crippen LogP contribution in [0.1, 0.15) is 43.6 Å². The number of carbonyl (C=O) groups is 2. The lowest BCUT2D eigenvalue weighted by molar-refractivity contribution is -0.144. The highest BCUT2D eigenvalue weighted by Gasteiger charge is 2.26. The first-order valence-electron chi connectivity index (χ1n) is 10.3. The minimum absolute atomic E-state index is 0.0945. The lowest BCUT2D eigenvalue weighted by Crippen LogP contribution is -2.46. The number of rotatable bonds is 10. The summed E-state index contributed by atoms with van der Waals surface area (Å²) in [5, 5.41) is 0. The summed E-state index contributed by atoms with van der Waals surface area (Å²) in [6.07, 6.45) is 0. The van der Waals surface area contributed by atoms with Crippen molar-refractivity contribution in [1.29, 1.82) is 0 Å². The molecule has 1 heterocycles. The molecule has 1 aromatic heterocycles. The topological polar surface area (TPSA) is 117 Å². The fourth-order valence-electron chi connectivity index (χ4n) is 3.23. The summed E-state index contributed by atoms with van der Waals surface area (Å²) in [6, 6.07) is 9.01. The van der Waals surface area contributed by atoms with E-state index in [1.54, 1.807) is 18.7 Å². The van der Waals surface area contributed by atoms with Crippen LogP contribution in [-0.2, 0) is 22.6 Å². The second-order valence-electron chi connectivity index (χ2n) is 7.39. The van der Waals surface area contributed by atoms with Crippen molar-refractivity contribution in [2.24, 2.45) is 0 Å². The maximum atomic E-state index is 13.1. The van der Waals surface area contributed by atoms with Gasteiger partial charge in [0.1, 0.15) is 11.4 Å². The molecule has 0 fully saturated rings. The van der Waals surface area contributed by atoms with Crippen LogP contribution in [0.2, 0.25) is 0 Å². The Morgan fingerprint density at radius 3 is 2.26 bits per heavy atom. The highest BCUT2D eigenvalue weighted by molar-refractivity contribution is 6.01. The smallest absolute Gasteiger partial charge is 0.332 e. The predicted octanol–water partition coefficient (Wildman–Crippen LogP) is 1.12. The zero-order valence-corrected chi connectivity index (χ0v) is 18.5.